The Morgan fingerprint density at radius 2 is 2.15 bits per heavy atom. The summed E-state index contributed by atoms with van der Waals surface area (Å²) in [6, 6.07) is 9.48. The van der Waals surface area contributed by atoms with E-state index in [9.17, 15) is 4.79 Å². The molecule has 5 heteroatoms. The summed E-state index contributed by atoms with van der Waals surface area (Å²) in [5, 5.41) is 2.90. The minimum atomic E-state index is -0.269. The van der Waals surface area contributed by atoms with E-state index in [0.29, 0.717) is 19.6 Å². The SMILES string of the molecule is CC1(C)CN(CC(=O)Nc2ccccc2)CC(CN)O1. The second kappa shape index (κ2) is 6.35. The lowest BCUT2D eigenvalue weighted by Crippen LogP contribution is -2.56. The van der Waals surface area contributed by atoms with Crippen LogP contribution in [-0.2, 0) is 9.53 Å². The van der Waals surface area contributed by atoms with Crippen LogP contribution in [-0.4, -0.2) is 48.7 Å². The van der Waals surface area contributed by atoms with E-state index in [-0.39, 0.29) is 17.6 Å². The molecule has 0 spiro atoms. The Morgan fingerprint density at radius 3 is 2.80 bits per heavy atom. The van der Waals surface area contributed by atoms with Gasteiger partial charge in [0, 0.05) is 25.3 Å². The van der Waals surface area contributed by atoms with Crippen molar-refractivity contribution in [2.45, 2.75) is 25.6 Å². The van der Waals surface area contributed by atoms with Crippen LogP contribution in [0.3, 0.4) is 0 Å². The highest BCUT2D eigenvalue weighted by Crippen LogP contribution is 2.20. The number of anilines is 1. The predicted octanol–water partition coefficient (Wildman–Crippen LogP) is 1.06. The number of nitrogens with zero attached hydrogens (tertiary/aromatic N) is 1. The van der Waals surface area contributed by atoms with Gasteiger partial charge in [-0.2, -0.15) is 0 Å². The van der Waals surface area contributed by atoms with Crippen LogP contribution >= 0.6 is 0 Å². The molecule has 5 nitrogen and oxygen atoms in total. The molecule has 110 valence electrons. The molecule has 3 N–H and O–H groups in total. The van der Waals surface area contributed by atoms with Crippen LogP contribution in [0.5, 0.6) is 0 Å². The van der Waals surface area contributed by atoms with Crippen molar-refractivity contribution in [3.63, 3.8) is 0 Å². The molecule has 0 radical (unpaired) electrons. The zero-order valence-electron chi connectivity index (χ0n) is 12.1. The summed E-state index contributed by atoms with van der Waals surface area (Å²) in [6.45, 7) is 6.31. The summed E-state index contributed by atoms with van der Waals surface area (Å²) in [5.41, 5.74) is 6.24. The van der Waals surface area contributed by atoms with Gasteiger partial charge in [0.15, 0.2) is 0 Å². The Bertz CT molecular complexity index is 448. The third-order valence-electron chi connectivity index (χ3n) is 3.24. The fourth-order valence-electron chi connectivity index (χ4n) is 2.58. The molecule has 2 rings (SSSR count). The van der Waals surface area contributed by atoms with Crippen molar-refractivity contribution in [1.29, 1.82) is 0 Å². The highest BCUT2D eigenvalue weighted by molar-refractivity contribution is 5.92. The third kappa shape index (κ3) is 4.30. The van der Waals surface area contributed by atoms with Crippen LogP contribution in [0.2, 0.25) is 0 Å². The minimum absolute atomic E-state index is 0.00956. The highest BCUT2D eigenvalue weighted by atomic mass is 16.5. The van der Waals surface area contributed by atoms with E-state index in [1.165, 1.54) is 0 Å². The number of morpholine rings is 1. The molecule has 1 aliphatic heterocycles. The normalized spacial score (nSPS) is 22.4. The number of nitrogens with one attached hydrogen (secondary N) is 1. The Morgan fingerprint density at radius 1 is 1.45 bits per heavy atom. The number of carbonyl (C=O) groups excluding carboxylic acids is 1. The number of ether oxygens (including phenoxy) is 1. The molecule has 1 amide bonds. The number of nitrogens with two attached hydrogens (primary N) is 1. The van der Waals surface area contributed by atoms with Crippen molar-refractivity contribution in [2.24, 2.45) is 5.73 Å². The fourth-order valence-corrected chi connectivity index (χ4v) is 2.58. The third-order valence-corrected chi connectivity index (χ3v) is 3.24. The van der Waals surface area contributed by atoms with E-state index in [0.717, 1.165) is 12.2 Å². The largest absolute Gasteiger partial charge is 0.368 e. The van der Waals surface area contributed by atoms with E-state index in [4.69, 9.17) is 10.5 Å². The Kier molecular flexibility index (Phi) is 4.75. The first-order chi connectivity index (χ1) is 9.48. The molecule has 1 atom stereocenters. The van der Waals surface area contributed by atoms with Crippen molar-refractivity contribution < 1.29 is 9.53 Å². The number of benzene rings is 1. The average Bonchev–Trinajstić information content (AvgIpc) is 2.37. The summed E-state index contributed by atoms with van der Waals surface area (Å²) in [4.78, 5) is 14.2. The topological polar surface area (TPSA) is 67.6 Å². The molecule has 1 aliphatic rings. The van der Waals surface area contributed by atoms with Crippen LogP contribution in [0.4, 0.5) is 5.69 Å². The van der Waals surface area contributed by atoms with Crippen LogP contribution < -0.4 is 11.1 Å². The number of amides is 1. The van der Waals surface area contributed by atoms with Gasteiger partial charge in [0.1, 0.15) is 0 Å². The van der Waals surface area contributed by atoms with Gasteiger partial charge in [-0.25, -0.2) is 0 Å². The van der Waals surface area contributed by atoms with E-state index in [1.54, 1.807) is 0 Å². The Hall–Kier alpha value is -1.43. The van der Waals surface area contributed by atoms with E-state index < -0.39 is 0 Å². The number of hydrogen-bond donors (Lipinski definition) is 2. The van der Waals surface area contributed by atoms with Crippen molar-refractivity contribution in [2.75, 3.05) is 31.5 Å². The van der Waals surface area contributed by atoms with Crippen molar-refractivity contribution in [1.82, 2.24) is 4.90 Å². The molecule has 1 aromatic carbocycles. The molecule has 1 fully saturated rings. The highest BCUT2D eigenvalue weighted by Gasteiger charge is 2.33. The number of hydrogen-bond acceptors (Lipinski definition) is 4. The quantitative estimate of drug-likeness (QED) is 0.863. The predicted molar refractivity (Wildman–Crippen MR) is 79.5 cm³/mol. The van der Waals surface area contributed by atoms with Gasteiger partial charge in [-0.05, 0) is 26.0 Å². The summed E-state index contributed by atoms with van der Waals surface area (Å²) in [6.07, 6.45) is -0.0109. The van der Waals surface area contributed by atoms with Gasteiger partial charge in [0.25, 0.3) is 0 Å². The molecule has 0 aromatic heterocycles. The average molecular weight is 277 g/mol. The summed E-state index contributed by atoms with van der Waals surface area (Å²) in [5.74, 6) is -0.00956. The lowest BCUT2D eigenvalue weighted by molar-refractivity contribution is -0.138. The molecule has 1 saturated heterocycles. The van der Waals surface area contributed by atoms with Gasteiger partial charge in [0.2, 0.25) is 5.91 Å². The molecular weight excluding hydrogens is 254 g/mol. The van der Waals surface area contributed by atoms with E-state index in [2.05, 4.69) is 10.2 Å². The lowest BCUT2D eigenvalue weighted by atomic mass is 10.1. The van der Waals surface area contributed by atoms with Gasteiger partial charge in [-0.1, -0.05) is 18.2 Å². The molecule has 1 unspecified atom stereocenters. The lowest BCUT2D eigenvalue weighted by Gasteiger charge is -2.42. The summed E-state index contributed by atoms with van der Waals surface area (Å²) in [7, 11) is 0. The minimum Gasteiger partial charge on any atom is -0.368 e. The van der Waals surface area contributed by atoms with Crippen molar-refractivity contribution in [3.05, 3.63) is 30.3 Å². The molecule has 0 aliphatic carbocycles. The van der Waals surface area contributed by atoms with Crippen LogP contribution in [0.15, 0.2) is 30.3 Å². The van der Waals surface area contributed by atoms with Crippen molar-refractivity contribution in [3.8, 4) is 0 Å². The van der Waals surface area contributed by atoms with Gasteiger partial charge < -0.3 is 15.8 Å². The number of rotatable bonds is 4. The number of carbonyl (C=O) groups is 1. The van der Waals surface area contributed by atoms with Gasteiger partial charge >= 0.3 is 0 Å². The Balaban J connectivity index is 1.90. The molecule has 0 saturated carbocycles. The Labute approximate surface area is 120 Å². The van der Waals surface area contributed by atoms with Gasteiger partial charge in [-0.15, -0.1) is 0 Å². The monoisotopic (exact) mass is 277 g/mol. The maximum atomic E-state index is 12.1. The zero-order chi connectivity index (χ0) is 14.6. The first-order valence-corrected chi connectivity index (χ1v) is 6.94. The second-order valence-electron chi connectivity index (χ2n) is 5.82. The maximum Gasteiger partial charge on any atom is 0.238 e. The van der Waals surface area contributed by atoms with Gasteiger partial charge in [0.05, 0.1) is 18.2 Å². The van der Waals surface area contributed by atoms with E-state index >= 15 is 0 Å². The molecule has 20 heavy (non-hydrogen) atoms. The van der Waals surface area contributed by atoms with Gasteiger partial charge in [-0.3, -0.25) is 9.69 Å². The van der Waals surface area contributed by atoms with Crippen LogP contribution in [0.25, 0.3) is 0 Å². The molecule has 0 bridgehead atoms. The maximum absolute atomic E-state index is 12.1. The van der Waals surface area contributed by atoms with Crippen LogP contribution in [0.1, 0.15) is 13.8 Å². The smallest absolute Gasteiger partial charge is 0.238 e. The second-order valence-corrected chi connectivity index (χ2v) is 5.82. The first kappa shape index (κ1) is 15.0. The molecule has 1 heterocycles. The van der Waals surface area contributed by atoms with E-state index in [1.807, 2.05) is 44.2 Å². The number of para-hydroxylation sites is 1. The van der Waals surface area contributed by atoms with Crippen molar-refractivity contribution >= 4 is 11.6 Å². The summed E-state index contributed by atoms with van der Waals surface area (Å²) >= 11 is 0. The first-order valence-electron chi connectivity index (χ1n) is 6.94. The molecular formula is C15H23N3O2. The zero-order valence-corrected chi connectivity index (χ0v) is 12.1. The summed E-state index contributed by atoms with van der Waals surface area (Å²) < 4.78 is 5.85. The fraction of sp³-hybridized carbons (Fsp3) is 0.533. The van der Waals surface area contributed by atoms with Crippen LogP contribution in [0, 0.1) is 0 Å². The molecule has 1 aromatic rings. The standard InChI is InChI=1S/C15H23N3O2/c1-15(2)11-18(9-13(8-16)20-15)10-14(19)17-12-6-4-3-5-7-12/h3-7,13H,8-11,16H2,1-2H3,(H,17,19).